The molecule has 224 valence electrons. The third-order valence-corrected chi connectivity index (χ3v) is 8.33. The molecule has 0 aliphatic carbocycles. The number of ether oxygens (including phenoxy) is 1. The molecule has 2 aromatic heterocycles. The van der Waals surface area contributed by atoms with Crippen LogP contribution in [0.5, 0.6) is 0 Å². The molecule has 0 fully saturated rings. The van der Waals surface area contributed by atoms with Crippen LogP contribution in [0.2, 0.25) is 0 Å². The van der Waals surface area contributed by atoms with Gasteiger partial charge in [0.05, 0.1) is 17.6 Å². The zero-order valence-corrected chi connectivity index (χ0v) is 26.1. The van der Waals surface area contributed by atoms with Gasteiger partial charge in [0.1, 0.15) is 11.9 Å². The molecule has 0 bridgehead atoms. The van der Waals surface area contributed by atoms with Crippen LogP contribution in [0.15, 0.2) is 66.0 Å². The Morgan fingerprint density at radius 2 is 1.81 bits per heavy atom. The predicted octanol–water partition coefficient (Wildman–Crippen LogP) is 6.92. The number of rotatable bonds is 16. The fraction of sp³-hybridized carbons (Fsp3) is 0.441. The molecule has 0 saturated heterocycles. The number of thiophene rings is 1. The fourth-order valence-electron chi connectivity index (χ4n) is 5.26. The van der Waals surface area contributed by atoms with E-state index in [0.29, 0.717) is 44.2 Å². The second kappa shape index (κ2) is 15.7. The zero-order chi connectivity index (χ0) is 29.9. The predicted molar refractivity (Wildman–Crippen MR) is 171 cm³/mol. The molecule has 0 radical (unpaired) electrons. The maximum absolute atomic E-state index is 13.4. The number of benzene rings is 2. The van der Waals surface area contributed by atoms with Gasteiger partial charge < -0.3 is 19.9 Å². The minimum atomic E-state index is -0.616. The molecule has 2 aromatic carbocycles. The largest absolute Gasteiger partial charge is 0.377 e. The summed E-state index contributed by atoms with van der Waals surface area (Å²) in [7, 11) is 0. The van der Waals surface area contributed by atoms with E-state index in [1.165, 1.54) is 4.88 Å². The SMILES string of the molecule is CCC(CC)n1c(Cc2cccs2)nc2cc(C(=O)N[C@@H](CC(C)C)C(=O)NCCCOCc3ccccc3)ccc21. The first-order valence-electron chi connectivity index (χ1n) is 15.1. The van der Waals surface area contributed by atoms with Crippen molar-refractivity contribution in [1.82, 2.24) is 20.2 Å². The molecule has 7 nitrogen and oxygen atoms in total. The van der Waals surface area contributed by atoms with Gasteiger partial charge in [0, 0.05) is 36.1 Å². The van der Waals surface area contributed by atoms with Crippen molar-refractivity contribution in [2.24, 2.45) is 5.92 Å². The topological polar surface area (TPSA) is 85.2 Å². The Balaban J connectivity index is 1.40. The number of imidazole rings is 1. The summed E-state index contributed by atoms with van der Waals surface area (Å²) in [4.78, 5) is 32.7. The van der Waals surface area contributed by atoms with Gasteiger partial charge in [-0.2, -0.15) is 0 Å². The first kappa shape index (κ1) is 31.4. The molecule has 0 spiro atoms. The van der Waals surface area contributed by atoms with Crippen LogP contribution in [-0.2, 0) is 22.6 Å². The minimum absolute atomic E-state index is 0.169. The van der Waals surface area contributed by atoms with Crippen LogP contribution in [0.4, 0.5) is 0 Å². The first-order chi connectivity index (χ1) is 20.4. The van der Waals surface area contributed by atoms with Crippen LogP contribution in [0.25, 0.3) is 11.0 Å². The number of carbonyl (C=O) groups excluding carboxylic acids is 2. The molecule has 4 aromatic rings. The van der Waals surface area contributed by atoms with Crippen molar-refractivity contribution < 1.29 is 14.3 Å². The van der Waals surface area contributed by atoms with Crippen molar-refractivity contribution in [3.63, 3.8) is 0 Å². The van der Waals surface area contributed by atoms with Crippen LogP contribution in [-0.4, -0.2) is 40.6 Å². The number of aromatic nitrogens is 2. The zero-order valence-electron chi connectivity index (χ0n) is 25.3. The lowest BCUT2D eigenvalue weighted by Gasteiger charge is -2.20. The second-order valence-corrected chi connectivity index (χ2v) is 12.2. The third kappa shape index (κ3) is 8.52. The quantitative estimate of drug-likeness (QED) is 0.139. The summed E-state index contributed by atoms with van der Waals surface area (Å²) < 4.78 is 8.07. The van der Waals surface area contributed by atoms with E-state index in [4.69, 9.17) is 9.72 Å². The Hall–Kier alpha value is -3.49. The molecular formula is C34H44N4O3S. The molecule has 8 heteroatoms. The van der Waals surface area contributed by atoms with Crippen LogP contribution in [0.1, 0.15) is 86.0 Å². The average Bonchev–Trinajstić information content (AvgIpc) is 3.63. The lowest BCUT2D eigenvalue weighted by atomic mass is 10.0. The minimum Gasteiger partial charge on any atom is -0.377 e. The van der Waals surface area contributed by atoms with Crippen LogP contribution in [0, 0.1) is 5.92 Å². The summed E-state index contributed by atoms with van der Waals surface area (Å²) in [5, 5.41) is 8.06. The summed E-state index contributed by atoms with van der Waals surface area (Å²) in [5.41, 5.74) is 3.48. The smallest absolute Gasteiger partial charge is 0.252 e. The lowest BCUT2D eigenvalue weighted by Crippen LogP contribution is -2.47. The van der Waals surface area contributed by atoms with Crippen LogP contribution < -0.4 is 10.6 Å². The Bertz CT molecular complexity index is 1410. The number of hydrogen-bond donors (Lipinski definition) is 2. The third-order valence-electron chi connectivity index (χ3n) is 7.45. The summed E-state index contributed by atoms with van der Waals surface area (Å²) in [6.07, 6.45) is 4.03. The normalized spacial score (nSPS) is 12.2. The second-order valence-electron chi connectivity index (χ2n) is 11.2. The fourth-order valence-corrected chi connectivity index (χ4v) is 5.96. The van der Waals surface area contributed by atoms with Gasteiger partial charge in [-0.3, -0.25) is 9.59 Å². The highest BCUT2D eigenvalue weighted by Gasteiger charge is 2.24. The van der Waals surface area contributed by atoms with Gasteiger partial charge >= 0.3 is 0 Å². The van der Waals surface area contributed by atoms with Gasteiger partial charge in [-0.15, -0.1) is 11.3 Å². The number of carbonyl (C=O) groups is 2. The van der Waals surface area contributed by atoms with Crippen molar-refractivity contribution in [3.8, 4) is 0 Å². The van der Waals surface area contributed by atoms with E-state index >= 15 is 0 Å². The highest BCUT2D eigenvalue weighted by Crippen LogP contribution is 2.28. The van der Waals surface area contributed by atoms with Gasteiger partial charge in [-0.25, -0.2) is 4.98 Å². The Morgan fingerprint density at radius 1 is 1.02 bits per heavy atom. The van der Waals surface area contributed by atoms with E-state index in [1.807, 2.05) is 48.5 Å². The Morgan fingerprint density at radius 3 is 2.50 bits per heavy atom. The number of hydrogen-bond acceptors (Lipinski definition) is 5. The maximum Gasteiger partial charge on any atom is 0.252 e. The number of nitrogens with one attached hydrogen (secondary N) is 2. The highest BCUT2D eigenvalue weighted by atomic mass is 32.1. The molecule has 2 amide bonds. The van der Waals surface area contributed by atoms with Gasteiger partial charge in [-0.05, 0) is 66.8 Å². The van der Waals surface area contributed by atoms with Gasteiger partial charge in [0.25, 0.3) is 5.91 Å². The number of amides is 2. The van der Waals surface area contributed by atoms with Crippen molar-refractivity contribution in [2.45, 2.75) is 78.5 Å². The molecule has 2 N–H and O–H groups in total. The Labute approximate surface area is 253 Å². The summed E-state index contributed by atoms with van der Waals surface area (Å²) >= 11 is 1.73. The van der Waals surface area contributed by atoms with E-state index in [-0.39, 0.29) is 17.7 Å². The van der Waals surface area contributed by atoms with Crippen molar-refractivity contribution in [3.05, 3.63) is 87.9 Å². The standard InChI is InChI=1S/C34H44N4O3S/c1-5-27(6-2)38-31-16-15-26(21-29(31)36-32(38)22-28-14-10-19-42-28)33(39)37-30(20-24(3)4)34(40)35-17-11-18-41-23-25-12-8-7-9-13-25/h7-10,12-16,19,21,24,27,30H,5-6,11,17-18,20,22-23H2,1-4H3,(H,35,40)(H,37,39)/t30-/m0/s1. The van der Waals surface area contributed by atoms with Crippen molar-refractivity contribution in [2.75, 3.05) is 13.2 Å². The molecule has 0 aliphatic rings. The first-order valence-corrected chi connectivity index (χ1v) is 16.0. The van der Waals surface area contributed by atoms with E-state index in [9.17, 15) is 9.59 Å². The Kier molecular flexibility index (Phi) is 11.7. The van der Waals surface area contributed by atoms with Gasteiger partial charge in [-0.1, -0.05) is 64.1 Å². The molecule has 0 saturated carbocycles. The lowest BCUT2D eigenvalue weighted by molar-refractivity contribution is -0.123. The average molecular weight is 589 g/mol. The monoisotopic (exact) mass is 588 g/mol. The highest BCUT2D eigenvalue weighted by molar-refractivity contribution is 7.09. The van der Waals surface area contributed by atoms with Crippen molar-refractivity contribution >= 4 is 34.2 Å². The summed E-state index contributed by atoms with van der Waals surface area (Å²) in [6.45, 7) is 10.1. The molecule has 0 aliphatic heterocycles. The molecule has 2 heterocycles. The molecule has 4 rings (SSSR count). The summed E-state index contributed by atoms with van der Waals surface area (Å²) in [6, 6.07) is 19.7. The molecule has 0 unspecified atom stereocenters. The van der Waals surface area contributed by atoms with Gasteiger partial charge in [0.15, 0.2) is 0 Å². The van der Waals surface area contributed by atoms with E-state index in [1.54, 1.807) is 11.3 Å². The number of fused-ring (bicyclic) bond motifs is 1. The van der Waals surface area contributed by atoms with E-state index in [0.717, 1.165) is 41.7 Å². The number of nitrogens with zero attached hydrogens (tertiary/aromatic N) is 2. The van der Waals surface area contributed by atoms with Crippen LogP contribution in [0.3, 0.4) is 0 Å². The van der Waals surface area contributed by atoms with E-state index < -0.39 is 6.04 Å². The summed E-state index contributed by atoms with van der Waals surface area (Å²) in [5.74, 6) is 0.829. The molecule has 42 heavy (non-hydrogen) atoms. The molecule has 1 atom stereocenters. The molecular weight excluding hydrogens is 544 g/mol. The van der Waals surface area contributed by atoms with Gasteiger partial charge in [0.2, 0.25) is 5.91 Å². The van der Waals surface area contributed by atoms with Crippen molar-refractivity contribution in [1.29, 1.82) is 0 Å². The maximum atomic E-state index is 13.4. The van der Waals surface area contributed by atoms with E-state index in [2.05, 4.69) is 60.4 Å². The van der Waals surface area contributed by atoms with Crippen LogP contribution >= 0.6 is 11.3 Å².